The molecule has 244 valence electrons. The Labute approximate surface area is 261 Å². The van der Waals surface area contributed by atoms with Crippen LogP contribution in [0.15, 0.2) is 30.4 Å². The number of fused-ring (bicyclic) bond motifs is 1. The van der Waals surface area contributed by atoms with Gasteiger partial charge < -0.3 is 34.3 Å². The molecule has 1 aliphatic heterocycles. The lowest BCUT2D eigenvalue weighted by molar-refractivity contribution is -0.120. The summed E-state index contributed by atoms with van der Waals surface area (Å²) >= 11 is 0. The Kier molecular flexibility index (Phi) is 13.8. The summed E-state index contributed by atoms with van der Waals surface area (Å²) in [6.45, 7) is 3.66. The molecule has 0 bridgehead atoms. The van der Waals surface area contributed by atoms with Crippen LogP contribution < -0.4 is 15.5 Å². The summed E-state index contributed by atoms with van der Waals surface area (Å²) in [7, 11) is 0. The van der Waals surface area contributed by atoms with Crippen LogP contribution >= 0.6 is 0 Å². The van der Waals surface area contributed by atoms with E-state index >= 15 is 0 Å². The van der Waals surface area contributed by atoms with Crippen LogP contribution in [0.5, 0.6) is 0 Å². The number of amides is 4. The number of hydrogen-bond acceptors (Lipinski definition) is 9. The highest BCUT2D eigenvalue weighted by molar-refractivity contribution is 6.28. The minimum atomic E-state index is -0.774. The van der Waals surface area contributed by atoms with Gasteiger partial charge in [-0.2, -0.15) is 0 Å². The fraction of sp³-hybridized carbons (Fsp3) is 0.562. The molecule has 1 unspecified atom stereocenters. The molecule has 12 nitrogen and oxygen atoms in total. The molecule has 0 saturated heterocycles. The first-order valence-corrected chi connectivity index (χ1v) is 15.3. The molecule has 4 rings (SSSR count). The molecule has 2 N–H and O–H groups in total. The molecule has 3 aliphatic rings. The second kappa shape index (κ2) is 18.2. The zero-order chi connectivity index (χ0) is 31.9. The molecule has 1 heterocycles. The smallest absolute Gasteiger partial charge is 0.407 e. The Morgan fingerprint density at radius 2 is 1.33 bits per heavy atom. The lowest BCUT2D eigenvalue weighted by Gasteiger charge is -2.15. The van der Waals surface area contributed by atoms with Crippen LogP contribution in [-0.4, -0.2) is 96.4 Å². The van der Waals surface area contributed by atoms with Crippen molar-refractivity contribution in [2.45, 2.75) is 25.7 Å². The lowest BCUT2D eigenvalue weighted by atomic mass is 10.1. The number of carbonyl (C=O) groups excluding carboxylic acids is 4. The molecule has 4 amide bonds. The third-order valence-corrected chi connectivity index (χ3v) is 7.67. The van der Waals surface area contributed by atoms with Crippen molar-refractivity contribution in [3.63, 3.8) is 0 Å². The Morgan fingerprint density at radius 1 is 0.800 bits per heavy atom. The number of carbonyl (C=O) groups is 4. The molecule has 0 aromatic heterocycles. The van der Waals surface area contributed by atoms with Crippen molar-refractivity contribution in [1.82, 2.24) is 10.6 Å². The second-order valence-corrected chi connectivity index (χ2v) is 10.7. The lowest BCUT2D eigenvalue weighted by Crippen LogP contribution is -2.31. The van der Waals surface area contributed by atoms with Crippen molar-refractivity contribution >= 4 is 29.5 Å². The van der Waals surface area contributed by atoms with Crippen molar-refractivity contribution in [2.24, 2.45) is 17.8 Å². The largest absolute Gasteiger partial charge is 0.449 e. The van der Waals surface area contributed by atoms with Gasteiger partial charge in [-0.25, -0.2) is 14.1 Å². The van der Waals surface area contributed by atoms with Gasteiger partial charge in [-0.05, 0) is 48.8 Å². The molecule has 0 radical (unpaired) electrons. The van der Waals surface area contributed by atoms with Crippen LogP contribution in [0, 0.1) is 35.4 Å². The van der Waals surface area contributed by atoms with Gasteiger partial charge in [-0.15, -0.1) is 11.8 Å². The minimum absolute atomic E-state index is 0.112. The number of nitrogens with one attached hydrogen (secondary N) is 2. The number of nitrogens with zero attached hydrogens (tertiary/aromatic N) is 1. The highest BCUT2D eigenvalue weighted by atomic mass is 19.1. The van der Waals surface area contributed by atoms with Crippen LogP contribution in [0.4, 0.5) is 14.9 Å². The highest BCUT2D eigenvalue weighted by Gasteiger charge is 2.49. The average molecular weight is 630 g/mol. The van der Waals surface area contributed by atoms with E-state index in [9.17, 15) is 23.6 Å². The molecule has 1 fully saturated rings. The van der Waals surface area contributed by atoms with Gasteiger partial charge in [-0.3, -0.25) is 14.4 Å². The topological polar surface area (TPSA) is 142 Å². The zero-order valence-corrected chi connectivity index (χ0v) is 25.2. The number of hydrogen-bond donors (Lipinski definition) is 2. The summed E-state index contributed by atoms with van der Waals surface area (Å²) in [5, 5.41) is 5.24. The van der Waals surface area contributed by atoms with E-state index in [1.165, 1.54) is 6.07 Å². The number of rotatable bonds is 19. The van der Waals surface area contributed by atoms with Gasteiger partial charge in [0.2, 0.25) is 0 Å². The first kappa shape index (κ1) is 34.1. The zero-order valence-electron chi connectivity index (χ0n) is 25.2. The quantitative estimate of drug-likeness (QED) is 0.134. The van der Waals surface area contributed by atoms with E-state index in [1.807, 2.05) is 0 Å². The number of anilines is 1. The van der Waals surface area contributed by atoms with Gasteiger partial charge in [0, 0.05) is 38.1 Å². The normalized spacial score (nSPS) is 20.1. The molecule has 0 spiro atoms. The van der Waals surface area contributed by atoms with Crippen molar-refractivity contribution in [1.29, 1.82) is 0 Å². The van der Waals surface area contributed by atoms with E-state index in [0.717, 1.165) is 54.9 Å². The van der Waals surface area contributed by atoms with E-state index in [1.54, 1.807) is 0 Å². The van der Waals surface area contributed by atoms with Crippen molar-refractivity contribution in [3.05, 3.63) is 41.7 Å². The molecule has 3 atom stereocenters. The third-order valence-electron chi connectivity index (χ3n) is 7.67. The van der Waals surface area contributed by atoms with E-state index in [0.29, 0.717) is 77.2 Å². The molecular weight excluding hydrogens is 589 g/mol. The number of alkyl carbamates (subject to hydrolysis) is 1. The van der Waals surface area contributed by atoms with E-state index in [-0.39, 0.29) is 24.4 Å². The molecule has 1 saturated carbocycles. The van der Waals surface area contributed by atoms with Gasteiger partial charge >= 0.3 is 6.09 Å². The van der Waals surface area contributed by atoms with Crippen LogP contribution in [0.3, 0.4) is 0 Å². The predicted molar refractivity (Wildman–Crippen MR) is 160 cm³/mol. The maximum atomic E-state index is 14.2. The van der Waals surface area contributed by atoms with Gasteiger partial charge in [0.05, 0.1) is 70.7 Å². The van der Waals surface area contributed by atoms with Crippen molar-refractivity contribution < 1.29 is 47.3 Å². The molecule has 45 heavy (non-hydrogen) atoms. The van der Waals surface area contributed by atoms with Crippen LogP contribution in [-0.2, 0) is 33.3 Å². The fourth-order valence-corrected chi connectivity index (χ4v) is 5.31. The Morgan fingerprint density at radius 3 is 1.91 bits per heavy atom. The van der Waals surface area contributed by atoms with Gasteiger partial charge in [0.25, 0.3) is 17.7 Å². The van der Waals surface area contributed by atoms with Gasteiger partial charge in [0.1, 0.15) is 5.82 Å². The maximum Gasteiger partial charge on any atom is 0.407 e. The van der Waals surface area contributed by atoms with E-state index in [4.69, 9.17) is 23.7 Å². The summed E-state index contributed by atoms with van der Waals surface area (Å²) in [5.74, 6) is 5.55. The molecule has 13 heteroatoms. The van der Waals surface area contributed by atoms with Crippen molar-refractivity contribution in [2.75, 3.05) is 77.5 Å². The van der Waals surface area contributed by atoms with Gasteiger partial charge in [-0.1, -0.05) is 0 Å². The Bertz CT molecular complexity index is 1240. The van der Waals surface area contributed by atoms with Crippen molar-refractivity contribution in [3.8, 4) is 11.8 Å². The number of benzene rings is 1. The van der Waals surface area contributed by atoms with Gasteiger partial charge in [0.15, 0.2) is 0 Å². The monoisotopic (exact) mass is 629 g/mol. The summed E-state index contributed by atoms with van der Waals surface area (Å²) in [4.78, 5) is 48.8. The number of imide groups is 1. The summed E-state index contributed by atoms with van der Waals surface area (Å²) in [5.41, 5.74) is -0.172. The summed E-state index contributed by atoms with van der Waals surface area (Å²) in [6.07, 6.45) is 5.89. The highest BCUT2D eigenvalue weighted by Crippen LogP contribution is 2.52. The Balaban J connectivity index is 0.907. The van der Waals surface area contributed by atoms with Crippen LogP contribution in [0.1, 0.15) is 36.0 Å². The maximum absolute atomic E-state index is 14.2. The molecule has 1 aromatic rings. The number of ether oxygens (including phenoxy) is 5. The molecule has 2 aliphatic carbocycles. The molecule has 1 aromatic carbocycles. The number of halogens is 1. The van der Waals surface area contributed by atoms with E-state index in [2.05, 4.69) is 22.5 Å². The summed E-state index contributed by atoms with van der Waals surface area (Å²) < 4.78 is 41.3. The van der Waals surface area contributed by atoms with Crippen LogP contribution in [0.25, 0.3) is 0 Å². The van der Waals surface area contributed by atoms with E-state index < -0.39 is 29.6 Å². The standard InChI is InChI=1S/C32H40FN3O9/c33-28-8-7-23(36-29(37)9-10-30(36)38)21-26(28)31(39)34-11-13-41-15-17-43-19-20-44-18-16-42-14-12-35-32(40)45-22-27-24-5-3-1-2-4-6-25(24)27/h7-10,21,24-25,27H,3-6,11-20,22H2,(H,34,39)(H,35,40)/t24-,25+,27?. The summed E-state index contributed by atoms with van der Waals surface area (Å²) in [6, 6.07) is 3.45. The second-order valence-electron chi connectivity index (χ2n) is 10.7. The van der Waals surface area contributed by atoms with Crippen LogP contribution in [0.2, 0.25) is 0 Å². The SMILES string of the molecule is O=C(NCCOCCOCCOCCOCCNC(=O)c1cc(N2C(=O)C=CC2=O)ccc1F)OCC1[C@H]2CCC#CCC[C@@H]12. The fourth-order valence-electron chi connectivity index (χ4n) is 5.31. The first-order chi connectivity index (χ1) is 22.0. The first-order valence-electron chi connectivity index (χ1n) is 15.3. The minimum Gasteiger partial charge on any atom is -0.449 e. The Hall–Kier alpha value is -3.83. The average Bonchev–Trinajstić information content (AvgIpc) is 3.54. The third kappa shape index (κ3) is 10.9. The molecular formula is C32H40FN3O9. The predicted octanol–water partition coefficient (Wildman–Crippen LogP) is 2.22.